The number of carbonyl (C=O) groups is 4. The number of benzene rings is 2. The molecule has 4 N–H and O–H groups in total. The summed E-state index contributed by atoms with van der Waals surface area (Å²) in [5.41, 5.74) is 11.2. The minimum atomic E-state index is -0.733. The van der Waals surface area contributed by atoms with E-state index in [2.05, 4.69) is 57.3 Å². The number of methoxy groups -OCH3 is 2. The van der Waals surface area contributed by atoms with E-state index in [1.54, 1.807) is 16.0 Å². The van der Waals surface area contributed by atoms with Crippen molar-refractivity contribution in [3.63, 3.8) is 0 Å². The molecular weight excluding hydrogens is 785 g/mol. The molecule has 0 spiro atoms. The number of nitrogens with one attached hydrogen (secondary N) is 4. The number of imidazole rings is 1. The number of hydrogen-bond donors (Lipinski definition) is 4. The molecule has 4 aliphatic rings. The number of nitrogens with zero attached hydrogens (tertiary/aromatic N) is 4. The molecule has 2 unspecified atom stereocenters. The molecule has 6 atom stereocenters. The van der Waals surface area contributed by atoms with Gasteiger partial charge < -0.3 is 40.2 Å². The minimum absolute atomic E-state index is 0.127. The molecule has 3 heterocycles. The topological polar surface area (TPSA) is 170 Å². The molecule has 328 valence electrons. The van der Waals surface area contributed by atoms with Gasteiger partial charge in [-0.15, -0.1) is 0 Å². The van der Waals surface area contributed by atoms with Crippen molar-refractivity contribution in [3.05, 3.63) is 94.6 Å². The van der Waals surface area contributed by atoms with Gasteiger partial charge in [-0.2, -0.15) is 0 Å². The number of alkyl carbamates (subject to hydrolysis) is 2. The SMILES string of the molecule is CN/C(=C\N=C\[C@@H]1C=C(C)CN1C(=O)[C@@H](NC(=O)OC)C(C)C)c1ccc(-c2ccc(-c3cnc([C@@H]4C=C(C)CN4C(=O)[C@@H](NC(=O)OC)C(C)C)[nH]3)cc2)c2c1C1CCC2C1. The van der Waals surface area contributed by atoms with Crippen LogP contribution in [-0.4, -0.2) is 102 Å². The zero-order valence-electron chi connectivity index (χ0n) is 37.2. The molecule has 0 saturated heterocycles. The standard InChI is InChI=1S/C48H60N8O6/c1-26(2)42(53-47(59)61-8)45(57)55-24-28(5)18-34(55)21-50-22-38(49-7)36-17-16-35(40-32-14-15-33(20-32)41(36)40)30-10-12-31(13-11-30)37-23-51-44(52-37)39-19-29(6)25-56(39)46(58)43(27(3)4)54-48(60)62-9/h10-13,16-19,21-23,26-27,32-34,39,42-43,49H,14-15,20,24-25H2,1-9H3,(H,51,52)(H,53,59)(H,54,60)/b38-22-,50-21+/t32?,33?,34-,39-,42-,43-/m0/s1. The smallest absolute Gasteiger partial charge is 0.407 e. The Balaban J connectivity index is 1.11. The molecule has 1 saturated carbocycles. The highest BCUT2D eigenvalue weighted by atomic mass is 16.5. The van der Waals surface area contributed by atoms with Gasteiger partial charge in [-0.1, -0.05) is 87.4 Å². The van der Waals surface area contributed by atoms with Crippen molar-refractivity contribution < 1.29 is 28.7 Å². The summed E-state index contributed by atoms with van der Waals surface area (Å²) in [6, 6.07) is 10.8. The van der Waals surface area contributed by atoms with Crippen LogP contribution in [0.1, 0.15) is 101 Å². The first kappa shape index (κ1) is 43.9. The molecular formula is C48H60N8O6. The highest BCUT2D eigenvalue weighted by Gasteiger charge is 2.41. The molecule has 3 aromatic rings. The van der Waals surface area contributed by atoms with E-state index in [0.717, 1.165) is 52.1 Å². The number of aromatic nitrogens is 2. The Morgan fingerprint density at radius 2 is 1.39 bits per heavy atom. The fourth-order valence-corrected chi connectivity index (χ4v) is 9.58. The number of aliphatic imine (C=N–C) groups is 1. The van der Waals surface area contributed by atoms with Gasteiger partial charge in [-0.25, -0.2) is 14.6 Å². The van der Waals surface area contributed by atoms with Crippen LogP contribution in [0.15, 0.2) is 77.1 Å². The van der Waals surface area contributed by atoms with E-state index < -0.39 is 30.3 Å². The lowest BCUT2D eigenvalue weighted by atomic mass is 9.82. The maximum atomic E-state index is 13.8. The van der Waals surface area contributed by atoms with Gasteiger partial charge in [-0.3, -0.25) is 14.6 Å². The molecule has 1 fully saturated rings. The lowest BCUT2D eigenvalue weighted by molar-refractivity contribution is -0.135. The summed E-state index contributed by atoms with van der Waals surface area (Å²) in [7, 11) is 4.50. The van der Waals surface area contributed by atoms with Gasteiger partial charge in [-0.05, 0) is 84.6 Å². The molecule has 2 bridgehead atoms. The molecule has 14 heteroatoms. The van der Waals surface area contributed by atoms with Crippen molar-refractivity contribution in [2.45, 2.75) is 96.8 Å². The Kier molecular flexibility index (Phi) is 13.0. The van der Waals surface area contributed by atoms with Crippen molar-refractivity contribution in [3.8, 4) is 22.4 Å². The first-order valence-corrected chi connectivity index (χ1v) is 21.6. The molecule has 4 amide bonds. The second-order valence-corrected chi connectivity index (χ2v) is 17.7. The van der Waals surface area contributed by atoms with Crippen molar-refractivity contribution in [1.82, 2.24) is 35.7 Å². The van der Waals surface area contributed by atoms with Crippen LogP contribution in [0.3, 0.4) is 0 Å². The van der Waals surface area contributed by atoms with Crippen molar-refractivity contribution in [1.29, 1.82) is 0 Å². The van der Waals surface area contributed by atoms with Crippen LogP contribution in [0.25, 0.3) is 28.1 Å². The van der Waals surface area contributed by atoms with E-state index >= 15 is 0 Å². The lowest BCUT2D eigenvalue weighted by Gasteiger charge is -2.30. The maximum absolute atomic E-state index is 13.8. The third-order valence-corrected chi connectivity index (χ3v) is 12.7. The Bertz CT molecular complexity index is 2320. The number of amides is 4. The van der Waals surface area contributed by atoms with Gasteiger partial charge in [0.05, 0.1) is 44.0 Å². The summed E-state index contributed by atoms with van der Waals surface area (Å²) in [5.74, 6) is 0.996. The van der Waals surface area contributed by atoms with Crippen LogP contribution in [0, 0.1) is 11.8 Å². The first-order valence-electron chi connectivity index (χ1n) is 21.6. The molecule has 2 aromatic carbocycles. The van der Waals surface area contributed by atoms with Crippen molar-refractivity contribution in [2.24, 2.45) is 16.8 Å². The average molecular weight is 845 g/mol. The maximum Gasteiger partial charge on any atom is 0.407 e. The summed E-state index contributed by atoms with van der Waals surface area (Å²) in [4.78, 5) is 68.0. The van der Waals surface area contributed by atoms with Crippen LogP contribution < -0.4 is 16.0 Å². The third kappa shape index (κ3) is 8.77. The fourth-order valence-electron chi connectivity index (χ4n) is 9.58. The van der Waals surface area contributed by atoms with Crippen LogP contribution in [0.4, 0.5) is 9.59 Å². The highest BCUT2D eigenvalue weighted by molar-refractivity contribution is 5.90. The molecule has 7 rings (SSSR count). The fraction of sp³-hybridized carbons (Fsp3) is 0.458. The van der Waals surface area contributed by atoms with Gasteiger partial charge in [0.1, 0.15) is 23.9 Å². The second kappa shape index (κ2) is 18.4. The highest BCUT2D eigenvalue weighted by Crippen LogP contribution is 2.57. The minimum Gasteiger partial charge on any atom is -0.453 e. The Hall–Kier alpha value is -6.18. The summed E-state index contributed by atoms with van der Waals surface area (Å²) >= 11 is 0. The lowest BCUT2D eigenvalue weighted by Crippen LogP contribution is -2.53. The Morgan fingerprint density at radius 1 is 0.806 bits per heavy atom. The number of carbonyl (C=O) groups excluding carboxylic acids is 4. The summed E-state index contributed by atoms with van der Waals surface area (Å²) in [6.07, 6.45) is 11.7. The Labute approximate surface area is 364 Å². The largest absolute Gasteiger partial charge is 0.453 e. The van der Waals surface area contributed by atoms with Crippen LogP contribution in [0.5, 0.6) is 0 Å². The quantitative estimate of drug-likeness (QED) is 0.102. The Morgan fingerprint density at radius 3 is 2.00 bits per heavy atom. The normalized spacial score (nSPS) is 21.6. The van der Waals surface area contributed by atoms with E-state index in [1.807, 2.05) is 73.1 Å². The molecule has 62 heavy (non-hydrogen) atoms. The van der Waals surface area contributed by atoms with Gasteiger partial charge >= 0.3 is 12.2 Å². The van der Waals surface area contributed by atoms with Gasteiger partial charge in [0.15, 0.2) is 0 Å². The van der Waals surface area contributed by atoms with E-state index in [0.29, 0.717) is 30.7 Å². The molecule has 14 nitrogen and oxygen atoms in total. The van der Waals surface area contributed by atoms with Crippen LogP contribution >= 0.6 is 0 Å². The summed E-state index contributed by atoms with van der Waals surface area (Å²) in [6.45, 7) is 12.5. The number of rotatable bonds is 13. The van der Waals surface area contributed by atoms with Gasteiger partial charge in [0.2, 0.25) is 11.8 Å². The molecule has 2 aliphatic heterocycles. The zero-order valence-corrected chi connectivity index (χ0v) is 37.2. The van der Waals surface area contributed by atoms with Crippen molar-refractivity contribution in [2.75, 3.05) is 34.4 Å². The molecule has 2 aliphatic carbocycles. The number of H-pyrrole nitrogens is 1. The number of aromatic amines is 1. The van der Waals surface area contributed by atoms with Crippen LogP contribution in [-0.2, 0) is 19.1 Å². The van der Waals surface area contributed by atoms with E-state index in [1.165, 1.54) is 37.3 Å². The summed E-state index contributed by atoms with van der Waals surface area (Å²) < 4.78 is 9.58. The number of ether oxygens (including phenoxy) is 2. The predicted octanol–water partition coefficient (Wildman–Crippen LogP) is 7.44. The zero-order chi connectivity index (χ0) is 44.4. The van der Waals surface area contributed by atoms with E-state index in [-0.39, 0.29) is 29.7 Å². The van der Waals surface area contributed by atoms with Crippen LogP contribution in [0.2, 0.25) is 0 Å². The number of fused-ring (bicyclic) bond motifs is 5. The molecule has 1 aromatic heterocycles. The monoisotopic (exact) mass is 844 g/mol. The third-order valence-electron chi connectivity index (χ3n) is 12.7. The van der Waals surface area contributed by atoms with Crippen molar-refractivity contribution >= 4 is 35.9 Å². The van der Waals surface area contributed by atoms with E-state index in [4.69, 9.17) is 19.5 Å². The van der Waals surface area contributed by atoms with Gasteiger partial charge in [0, 0.05) is 31.9 Å². The first-order chi connectivity index (χ1) is 29.7. The molecule has 0 radical (unpaired) electrons. The predicted molar refractivity (Wildman–Crippen MR) is 240 cm³/mol. The van der Waals surface area contributed by atoms with Gasteiger partial charge in [0.25, 0.3) is 0 Å². The van der Waals surface area contributed by atoms with E-state index in [9.17, 15) is 19.2 Å². The summed E-state index contributed by atoms with van der Waals surface area (Å²) in [5, 5.41) is 8.82. The number of hydrogen-bond acceptors (Lipinski definition) is 9. The second-order valence-electron chi connectivity index (χ2n) is 17.7. The average Bonchev–Trinajstić information content (AvgIpc) is 4.12.